The van der Waals surface area contributed by atoms with Crippen LogP contribution in [0, 0.1) is 5.92 Å². The highest BCUT2D eigenvalue weighted by Crippen LogP contribution is 2.42. The maximum absolute atomic E-state index is 11.9. The number of rotatable bonds is 9. The summed E-state index contributed by atoms with van der Waals surface area (Å²) in [6.07, 6.45) is 10.3. The van der Waals surface area contributed by atoms with E-state index in [2.05, 4.69) is 32.0 Å². The molecule has 3 N–H and O–H groups in total. The summed E-state index contributed by atoms with van der Waals surface area (Å²) in [7, 11) is 0. The van der Waals surface area contributed by atoms with Gasteiger partial charge < -0.3 is 16.0 Å². The van der Waals surface area contributed by atoms with Crippen molar-refractivity contribution in [2.45, 2.75) is 44.4 Å². The van der Waals surface area contributed by atoms with Crippen molar-refractivity contribution < 1.29 is 4.79 Å². The van der Waals surface area contributed by atoms with E-state index >= 15 is 0 Å². The Balaban J connectivity index is 1.21. The first-order chi connectivity index (χ1) is 15.3. The molecule has 2 fully saturated rings. The van der Waals surface area contributed by atoms with Gasteiger partial charge in [-0.15, -0.1) is 0 Å². The van der Waals surface area contributed by atoms with Crippen LogP contribution in [0.4, 0.5) is 17.5 Å². The van der Waals surface area contributed by atoms with Gasteiger partial charge in [0.2, 0.25) is 11.9 Å². The first kappa shape index (κ1) is 19.7. The maximum atomic E-state index is 11.9. The van der Waals surface area contributed by atoms with Crippen LogP contribution < -0.4 is 16.0 Å². The Kier molecular flexibility index (Phi) is 5.65. The molecule has 0 aliphatic heterocycles. The van der Waals surface area contributed by atoms with Crippen molar-refractivity contribution in [1.82, 2.24) is 20.3 Å². The average Bonchev–Trinajstić information content (AvgIpc) is 3.58. The fourth-order valence-electron chi connectivity index (χ4n) is 3.89. The summed E-state index contributed by atoms with van der Waals surface area (Å²) >= 11 is 0. The van der Waals surface area contributed by atoms with E-state index in [1.165, 1.54) is 24.8 Å². The van der Waals surface area contributed by atoms with Crippen LogP contribution in [0.2, 0.25) is 0 Å². The van der Waals surface area contributed by atoms with E-state index in [4.69, 9.17) is 4.98 Å². The second kappa shape index (κ2) is 8.88. The van der Waals surface area contributed by atoms with Crippen LogP contribution >= 0.6 is 0 Å². The minimum atomic E-state index is 0.212. The SMILES string of the molecule is O=C(NCCCNc1nc(Nc2ccc3ncccc3c2)ncc1C1CC1)C1CCC1. The molecule has 7 heteroatoms. The molecule has 1 aromatic carbocycles. The van der Waals surface area contributed by atoms with E-state index in [1.807, 2.05) is 30.5 Å². The van der Waals surface area contributed by atoms with Crippen molar-refractivity contribution in [3.8, 4) is 0 Å². The Morgan fingerprint density at radius 1 is 1.06 bits per heavy atom. The Morgan fingerprint density at radius 3 is 2.77 bits per heavy atom. The lowest BCUT2D eigenvalue weighted by atomic mass is 9.85. The summed E-state index contributed by atoms with van der Waals surface area (Å²) in [4.78, 5) is 25.6. The fourth-order valence-corrected chi connectivity index (χ4v) is 3.89. The molecular formula is C24H28N6O. The van der Waals surface area contributed by atoms with Gasteiger partial charge in [-0.05, 0) is 62.3 Å². The molecule has 2 heterocycles. The lowest BCUT2D eigenvalue weighted by molar-refractivity contribution is -0.127. The highest BCUT2D eigenvalue weighted by Gasteiger charge is 2.28. The molecule has 0 unspecified atom stereocenters. The first-order valence-electron chi connectivity index (χ1n) is 11.3. The number of hydrogen-bond acceptors (Lipinski definition) is 6. The largest absolute Gasteiger partial charge is 0.370 e. The number of fused-ring (bicyclic) bond motifs is 1. The molecule has 2 aliphatic carbocycles. The van der Waals surface area contributed by atoms with Crippen molar-refractivity contribution in [2.24, 2.45) is 5.92 Å². The molecule has 0 atom stereocenters. The van der Waals surface area contributed by atoms with E-state index < -0.39 is 0 Å². The lowest BCUT2D eigenvalue weighted by Gasteiger charge is -2.24. The molecule has 160 valence electrons. The molecule has 7 nitrogen and oxygen atoms in total. The number of aromatic nitrogens is 3. The number of amides is 1. The van der Waals surface area contributed by atoms with E-state index in [9.17, 15) is 4.79 Å². The van der Waals surface area contributed by atoms with Crippen LogP contribution in [0.5, 0.6) is 0 Å². The van der Waals surface area contributed by atoms with Gasteiger partial charge >= 0.3 is 0 Å². The van der Waals surface area contributed by atoms with Crippen LogP contribution in [0.25, 0.3) is 10.9 Å². The van der Waals surface area contributed by atoms with Crippen LogP contribution in [-0.2, 0) is 4.79 Å². The topological polar surface area (TPSA) is 91.8 Å². The van der Waals surface area contributed by atoms with Crippen molar-refractivity contribution in [1.29, 1.82) is 0 Å². The third-order valence-electron chi connectivity index (χ3n) is 6.11. The number of hydrogen-bond donors (Lipinski definition) is 3. The minimum absolute atomic E-state index is 0.212. The summed E-state index contributed by atoms with van der Waals surface area (Å²) in [5, 5.41) is 10.9. The molecule has 0 spiro atoms. The zero-order chi connectivity index (χ0) is 21.0. The maximum Gasteiger partial charge on any atom is 0.229 e. The van der Waals surface area contributed by atoms with Gasteiger partial charge in [0.05, 0.1) is 5.52 Å². The number of carbonyl (C=O) groups is 1. The molecule has 5 rings (SSSR count). The molecule has 0 bridgehead atoms. The molecule has 2 aliphatic rings. The standard InChI is InChI=1S/C24H28N6O/c31-23(17-4-1-5-17)27-13-3-12-26-22-20(16-7-8-16)15-28-24(30-22)29-19-9-10-21-18(14-19)6-2-11-25-21/h2,6,9-11,14-17H,1,3-5,7-8,12-13H2,(H,27,31)(H2,26,28,29,30). The molecule has 2 aromatic heterocycles. The van der Waals surface area contributed by atoms with Crippen molar-refractivity contribution >= 4 is 34.3 Å². The van der Waals surface area contributed by atoms with Gasteiger partial charge in [0.1, 0.15) is 5.82 Å². The van der Waals surface area contributed by atoms with E-state index in [0.717, 1.165) is 48.2 Å². The average molecular weight is 417 g/mol. The Hall–Kier alpha value is -3.22. The third-order valence-corrected chi connectivity index (χ3v) is 6.11. The zero-order valence-corrected chi connectivity index (χ0v) is 17.6. The second-order valence-electron chi connectivity index (χ2n) is 8.51. The monoisotopic (exact) mass is 416 g/mol. The highest BCUT2D eigenvalue weighted by molar-refractivity contribution is 5.83. The molecule has 31 heavy (non-hydrogen) atoms. The van der Waals surface area contributed by atoms with Gasteiger partial charge in [-0.25, -0.2) is 4.98 Å². The molecule has 0 radical (unpaired) electrons. The third kappa shape index (κ3) is 4.76. The summed E-state index contributed by atoms with van der Waals surface area (Å²) in [5.41, 5.74) is 3.08. The Morgan fingerprint density at radius 2 is 1.97 bits per heavy atom. The van der Waals surface area contributed by atoms with Gasteiger partial charge in [-0.1, -0.05) is 12.5 Å². The minimum Gasteiger partial charge on any atom is -0.370 e. The normalized spacial score (nSPS) is 16.0. The summed E-state index contributed by atoms with van der Waals surface area (Å²) < 4.78 is 0. The first-order valence-corrected chi connectivity index (χ1v) is 11.3. The van der Waals surface area contributed by atoms with E-state index in [1.54, 1.807) is 6.20 Å². The Bertz CT molecular complexity index is 1080. The van der Waals surface area contributed by atoms with Gasteiger partial charge in [-0.3, -0.25) is 9.78 Å². The number of anilines is 3. The van der Waals surface area contributed by atoms with Crippen LogP contribution in [0.3, 0.4) is 0 Å². The molecule has 1 amide bonds. The zero-order valence-electron chi connectivity index (χ0n) is 17.6. The smallest absolute Gasteiger partial charge is 0.229 e. The Labute approximate surface area is 182 Å². The number of benzene rings is 1. The number of carbonyl (C=O) groups excluding carboxylic acids is 1. The van der Waals surface area contributed by atoms with E-state index in [0.29, 0.717) is 18.4 Å². The molecule has 3 aromatic rings. The predicted octanol–water partition coefficient (Wildman–Crippen LogP) is 4.36. The highest BCUT2D eigenvalue weighted by atomic mass is 16.1. The summed E-state index contributed by atoms with van der Waals surface area (Å²) in [5.74, 6) is 2.49. The van der Waals surface area contributed by atoms with Crippen molar-refractivity contribution in [3.05, 3.63) is 48.3 Å². The van der Waals surface area contributed by atoms with Crippen LogP contribution in [-0.4, -0.2) is 33.9 Å². The second-order valence-corrected chi connectivity index (χ2v) is 8.51. The molecular weight excluding hydrogens is 388 g/mol. The van der Waals surface area contributed by atoms with Gasteiger partial charge in [0.15, 0.2) is 0 Å². The van der Waals surface area contributed by atoms with Crippen LogP contribution in [0.1, 0.15) is 50.0 Å². The van der Waals surface area contributed by atoms with Crippen molar-refractivity contribution in [2.75, 3.05) is 23.7 Å². The van der Waals surface area contributed by atoms with Crippen molar-refractivity contribution in [3.63, 3.8) is 0 Å². The van der Waals surface area contributed by atoms with E-state index in [-0.39, 0.29) is 11.8 Å². The number of nitrogens with zero attached hydrogens (tertiary/aromatic N) is 3. The van der Waals surface area contributed by atoms with Crippen LogP contribution in [0.15, 0.2) is 42.7 Å². The molecule has 0 saturated heterocycles. The number of pyridine rings is 1. The fraction of sp³-hybridized carbons (Fsp3) is 0.417. The predicted molar refractivity (Wildman–Crippen MR) is 122 cm³/mol. The quantitative estimate of drug-likeness (QED) is 0.449. The lowest BCUT2D eigenvalue weighted by Crippen LogP contribution is -2.35. The van der Waals surface area contributed by atoms with Gasteiger partial charge in [0, 0.05) is 48.0 Å². The van der Waals surface area contributed by atoms with Gasteiger partial charge in [-0.2, -0.15) is 4.98 Å². The number of nitrogens with one attached hydrogen (secondary N) is 3. The molecule has 2 saturated carbocycles. The summed E-state index contributed by atoms with van der Waals surface area (Å²) in [6.45, 7) is 1.46. The van der Waals surface area contributed by atoms with Gasteiger partial charge in [0.25, 0.3) is 0 Å². The summed E-state index contributed by atoms with van der Waals surface area (Å²) in [6, 6.07) is 10.0.